The van der Waals surface area contributed by atoms with Crippen LogP contribution in [0.3, 0.4) is 0 Å². The number of carbonyl (C=O) groups is 1. The van der Waals surface area contributed by atoms with Gasteiger partial charge in [-0.1, -0.05) is 13.8 Å². The maximum absolute atomic E-state index is 11.4. The van der Waals surface area contributed by atoms with Gasteiger partial charge in [0.2, 0.25) is 5.91 Å². The van der Waals surface area contributed by atoms with Crippen LogP contribution in [0.5, 0.6) is 0 Å². The smallest absolute Gasteiger partial charge is 0.225 e. The minimum atomic E-state index is -0.308. The van der Waals surface area contributed by atoms with Crippen LogP contribution < -0.4 is 5.32 Å². The van der Waals surface area contributed by atoms with E-state index in [0.29, 0.717) is 13.2 Å². The van der Waals surface area contributed by atoms with E-state index < -0.39 is 0 Å². The maximum Gasteiger partial charge on any atom is 0.225 e. The lowest BCUT2D eigenvalue weighted by Gasteiger charge is -2.17. The SMILES string of the molecule is COCCNC(=O)C(CO)C(C)C. The van der Waals surface area contributed by atoms with Crippen LogP contribution in [0, 0.1) is 11.8 Å². The van der Waals surface area contributed by atoms with Crippen molar-refractivity contribution in [2.45, 2.75) is 13.8 Å². The van der Waals surface area contributed by atoms with E-state index in [1.165, 1.54) is 0 Å². The normalized spacial score (nSPS) is 13.0. The fraction of sp³-hybridized carbons (Fsp3) is 0.889. The summed E-state index contributed by atoms with van der Waals surface area (Å²) in [5, 5.41) is 11.6. The third kappa shape index (κ3) is 4.85. The van der Waals surface area contributed by atoms with Crippen molar-refractivity contribution in [1.82, 2.24) is 5.32 Å². The Morgan fingerprint density at radius 2 is 2.15 bits per heavy atom. The molecule has 0 aliphatic heterocycles. The van der Waals surface area contributed by atoms with Gasteiger partial charge in [0.15, 0.2) is 0 Å². The molecule has 0 saturated heterocycles. The number of carbonyl (C=O) groups excluding carboxylic acids is 1. The highest BCUT2D eigenvalue weighted by molar-refractivity contribution is 5.78. The van der Waals surface area contributed by atoms with Gasteiger partial charge in [-0.3, -0.25) is 4.79 Å². The van der Waals surface area contributed by atoms with Crippen LogP contribution >= 0.6 is 0 Å². The number of rotatable bonds is 6. The lowest BCUT2D eigenvalue weighted by Crippen LogP contribution is -2.37. The number of hydrogen-bond acceptors (Lipinski definition) is 3. The quantitative estimate of drug-likeness (QED) is 0.579. The summed E-state index contributed by atoms with van der Waals surface area (Å²) < 4.78 is 4.79. The summed E-state index contributed by atoms with van der Waals surface area (Å²) >= 11 is 0. The first-order chi connectivity index (χ1) is 6.13. The van der Waals surface area contributed by atoms with Crippen molar-refractivity contribution >= 4 is 5.91 Å². The molecule has 0 aliphatic rings. The van der Waals surface area contributed by atoms with Crippen LogP contribution in [0.2, 0.25) is 0 Å². The molecule has 4 heteroatoms. The van der Waals surface area contributed by atoms with Gasteiger partial charge in [-0.05, 0) is 5.92 Å². The first-order valence-electron chi connectivity index (χ1n) is 4.51. The molecule has 0 saturated carbocycles. The van der Waals surface area contributed by atoms with Crippen LogP contribution in [0.4, 0.5) is 0 Å². The molecule has 2 N–H and O–H groups in total. The van der Waals surface area contributed by atoms with E-state index in [9.17, 15) is 4.79 Å². The second kappa shape index (κ2) is 6.86. The van der Waals surface area contributed by atoms with E-state index in [0.717, 1.165) is 0 Å². The molecule has 4 nitrogen and oxygen atoms in total. The predicted octanol–water partition coefficient (Wildman–Crippen LogP) is 0.0135. The molecule has 13 heavy (non-hydrogen) atoms. The lowest BCUT2D eigenvalue weighted by atomic mass is 9.96. The third-order valence-electron chi connectivity index (χ3n) is 1.94. The standard InChI is InChI=1S/C9H19NO3/c1-7(2)8(6-11)9(12)10-4-5-13-3/h7-8,11H,4-6H2,1-3H3,(H,10,12). The molecule has 0 fully saturated rings. The van der Waals surface area contributed by atoms with Crippen molar-refractivity contribution in [3.05, 3.63) is 0 Å². The number of methoxy groups -OCH3 is 1. The van der Waals surface area contributed by atoms with Gasteiger partial charge >= 0.3 is 0 Å². The van der Waals surface area contributed by atoms with E-state index in [-0.39, 0.29) is 24.3 Å². The van der Waals surface area contributed by atoms with E-state index in [4.69, 9.17) is 9.84 Å². The van der Waals surface area contributed by atoms with Crippen LogP contribution in [0.25, 0.3) is 0 Å². The van der Waals surface area contributed by atoms with Crippen molar-refractivity contribution in [3.63, 3.8) is 0 Å². The summed E-state index contributed by atoms with van der Waals surface area (Å²) in [6, 6.07) is 0. The predicted molar refractivity (Wildman–Crippen MR) is 50.3 cm³/mol. The van der Waals surface area contributed by atoms with Gasteiger partial charge in [0, 0.05) is 13.7 Å². The molecule has 0 radical (unpaired) electrons. The summed E-state index contributed by atoms with van der Waals surface area (Å²) in [5.41, 5.74) is 0. The Balaban J connectivity index is 3.78. The van der Waals surface area contributed by atoms with Gasteiger partial charge in [-0.15, -0.1) is 0 Å². The van der Waals surface area contributed by atoms with Crippen molar-refractivity contribution in [2.75, 3.05) is 26.9 Å². The molecular formula is C9H19NO3. The van der Waals surface area contributed by atoms with E-state index in [2.05, 4.69) is 5.32 Å². The first-order valence-corrected chi connectivity index (χ1v) is 4.51. The topological polar surface area (TPSA) is 58.6 Å². The molecule has 0 aromatic heterocycles. The highest BCUT2D eigenvalue weighted by Crippen LogP contribution is 2.09. The number of hydrogen-bond donors (Lipinski definition) is 2. The molecule has 1 amide bonds. The molecule has 0 aliphatic carbocycles. The van der Waals surface area contributed by atoms with E-state index in [1.807, 2.05) is 13.8 Å². The molecule has 78 valence electrons. The van der Waals surface area contributed by atoms with Gasteiger partial charge < -0.3 is 15.2 Å². The summed E-state index contributed by atoms with van der Waals surface area (Å²) in [4.78, 5) is 11.4. The van der Waals surface area contributed by atoms with Gasteiger partial charge in [-0.25, -0.2) is 0 Å². The van der Waals surface area contributed by atoms with Crippen molar-refractivity contribution in [2.24, 2.45) is 11.8 Å². The molecule has 0 rings (SSSR count). The zero-order chi connectivity index (χ0) is 10.3. The molecule has 0 aromatic rings. The summed E-state index contributed by atoms with van der Waals surface area (Å²) in [7, 11) is 1.58. The van der Waals surface area contributed by atoms with E-state index >= 15 is 0 Å². The number of aliphatic hydroxyl groups excluding tert-OH is 1. The Morgan fingerprint density at radius 1 is 1.54 bits per heavy atom. The largest absolute Gasteiger partial charge is 0.396 e. The van der Waals surface area contributed by atoms with Crippen LogP contribution in [-0.4, -0.2) is 37.9 Å². The fourth-order valence-electron chi connectivity index (χ4n) is 1.00. The zero-order valence-corrected chi connectivity index (χ0v) is 8.54. The molecular weight excluding hydrogens is 170 g/mol. The Hall–Kier alpha value is -0.610. The second-order valence-corrected chi connectivity index (χ2v) is 3.32. The molecule has 1 unspecified atom stereocenters. The molecule has 1 atom stereocenters. The van der Waals surface area contributed by atoms with Gasteiger partial charge in [0.1, 0.15) is 0 Å². The molecule has 0 spiro atoms. The highest BCUT2D eigenvalue weighted by Gasteiger charge is 2.20. The van der Waals surface area contributed by atoms with Crippen molar-refractivity contribution < 1.29 is 14.6 Å². The van der Waals surface area contributed by atoms with Crippen LogP contribution in [0.1, 0.15) is 13.8 Å². The Labute approximate surface area is 79.3 Å². The zero-order valence-electron chi connectivity index (χ0n) is 8.54. The number of amides is 1. The highest BCUT2D eigenvalue weighted by atomic mass is 16.5. The molecule has 0 heterocycles. The summed E-state index contributed by atoms with van der Waals surface area (Å²) in [6.07, 6.45) is 0. The Kier molecular flexibility index (Phi) is 6.54. The van der Waals surface area contributed by atoms with E-state index in [1.54, 1.807) is 7.11 Å². The van der Waals surface area contributed by atoms with Crippen LogP contribution in [-0.2, 0) is 9.53 Å². The minimum Gasteiger partial charge on any atom is -0.396 e. The molecule has 0 aromatic carbocycles. The van der Waals surface area contributed by atoms with Crippen molar-refractivity contribution in [3.8, 4) is 0 Å². The molecule has 0 bridgehead atoms. The average Bonchev–Trinajstić information content (AvgIpc) is 2.05. The number of ether oxygens (including phenoxy) is 1. The average molecular weight is 189 g/mol. The van der Waals surface area contributed by atoms with Crippen molar-refractivity contribution in [1.29, 1.82) is 0 Å². The fourth-order valence-corrected chi connectivity index (χ4v) is 1.00. The van der Waals surface area contributed by atoms with Gasteiger partial charge in [0.05, 0.1) is 19.1 Å². The van der Waals surface area contributed by atoms with Crippen LogP contribution in [0.15, 0.2) is 0 Å². The first kappa shape index (κ1) is 12.4. The minimum absolute atomic E-state index is 0.101. The summed E-state index contributed by atoms with van der Waals surface area (Å²) in [6.45, 7) is 4.73. The number of nitrogens with one attached hydrogen (secondary N) is 1. The monoisotopic (exact) mass is 189 g/mol. The maximum atomic E-state index is 11.4. The number of aliphatic hydroxyl groups is 1. The van der Waals surface area contributed by atoms with Gasteiger partial charge in [-0.2, -0.15) is 0 Å². The second-order valence-electron chi connectivity index (χ2n) is 3.32. The Bertz CT molecular complexity index is 148. The summed E-state index contributed by atoms with van der Waals surface area (Å²) in [5.74, 6) is -0.251. The Morgan fingerprint density at radius 3 is 2.54 bits per heavy atom. The lowest BCUT2D eigenvalue weighted by molar-refractivity contribution is -0.127. The third-order valence-corrected chi connectivity index (χ3v) is 1.94. The van der Waals surface area contributed by atoms with Gasteiger partial charge in [0.25, 0.3) is 0 Å².